The first kappa shape index (κ1) is 16.9. The van der Waals surface area contributed by atoms with Gasteiger partial charge in [0.2, 0.25) is 0 Å². The van der Waals surface area contributed by atoms with Gasteiger partial charge in [-0.3, -0.25) is 0 Å². The summed E-state index contributed by atoms with van der Waals surface area (Å²) >= 11 is 0. The van der Waals surface area contributed by atoms with Crippen LogP contribution in [0.4, 0.5) is 0 Å². The second kappa shape index (κ2) is 8.19. The Balaban J connectivity index is 2.56. The van der Waals surface area contributed by atoms with Crippen molar-refractivity contribution in [1.29, 1.82) is 0 Å². The Labute approximate surface area is 118 Å². The standard InChI is InChI=1S/C13H29N3O2S/c1-4-14-11-13-7-5-6-10-16(13)19(17,18)15-9-8-12(2)3/h12-15H,4-11H2,1-3H3. The highest BCUT2D eigenvalue weighted by Crippen LogP contribution is 2.19. The van der Waals surface area contributed by atoms with Gasteiger partial charge in [-0.05, 0) is 31.7 Å². The van der Waals surface area contributed by atoms with Crippen molar-refractivity contribution in [2.24, 2.45) is 5.92 Å². The van der Waals surface area contributed by atoms with Crippen molar-refractivity contribution in [3.05, 3.63) is 0 Å². The van der Waals surface area contributed by atoms with Gasteiger partial charge in [0.15, 0.2) is 0 Å². The van der Waals surface area contributed by atoms with Crippen LogP contribution < -0.4 is 10.0 Å². The van der Waals surface area contributed by atoms with Crippen LogP contribution in [0.1, 0.15) is 46.5 Å². The van der Waals surface area contributed by atoms with Gasteiger partial charge in [-0.15, -0.1) is 0 Å². The van der Waals surface area contributed by atoms with E-state index >= 15 is 0 Å². The minimum Gasteiger partial charge on any atom is -0.315 e. The summed E-state index contributed by atoms with van der Waals surface area (Å²) in [6.07, 6.45) is 3.92. The third-order valence-electron chi connectivity index (χ3n) is 3.52. The van der Waals surface area contributed by atoms with Crippen LogP contribution in [0.5, 0.6) is 0 Å². The second-order valence-electron chi connectivity index (χ2n) is 5.65. The third kappa shape index (κ3) is 5.77. The Morgan fingerprint density at radius 3 is 2.68 bits per heavy atom. The molecule has 5 nitrogen and oxygen atoms in total. The van der Waals surface area contributed by atoms with E-state index in [0.29, 0.717) is 19.0 Å². The number of nitrogens with one attached hydrogen (secondary N) is 2. The first-order valence-electron chi connectivity index (χ1n) is 7.44. The second-order valence-corrected chi connectivity index (χ2v) is 7.36. The normalized spacial score (nSPS) is 22.0. The molecular formula is C13H29N3O2S. The first-order chi connectivity index (χ1) is 8.97. The molecule has 1 saturated heterocycles. The maximum atomic E-state index is 12.3. The van der Waals surface area contributed by atoms with Crippen molar-refractivity contribution >= 4 is 10.2 Å². The van der Waals surface area contributed by atoms with Gasteiger partial charge in [-0.25, -0.2) is 4.72 Å². The lowest BCUT2D eigenvalue weighted by Gasteiger charge is -2.34. The molecule has 0 aliphatic carbocycles. The quantitative estimate of drug-likeness (QED) is 0.709. The lowest BCUT2D eigenvalue weighted by Crippen LogP contribution is -2.52. The van der Waals surface area contributed by atoms with E-state index in [9.17, 15) is 8.42 Å². The Morgan fingerprint density at radius 1 is 1.32 bits per heavy atom. The van der Waals surface area contributed by atoms with Crippen LogP contribution in [0.15, 0.2) is 0 Å². The molecule has 1 rings (SSSR count). The number of nitrogens with zero attached hydrogens (tertiary/aromatic N) is 1. The zero-order valence-corrected chi connectivity index (χ0v) is 13.3. The van der Waals surface area contributed by atoms with Gasteiger partial charge in [0, 0.05) is 25.7 Å². The molecule has 0 bridgehead atoms. The molecule has 0 saturated carbocycles. The van der Waals surface area contributed by atoms with Crippen LogP contribution in [-0.4, -0.2) is 44.9 Å². The van der Waals surface area contributed by atoms with Crippen LogP contribution in [0.3, 0.4) is 0 Å². The van der Waals surface area contributed by atoms with Crippen molar-refractivity contribution < 1.29 is 8.42 Å². The van der Waals surface area contributed by atoms with E-state index in [-0.39, 0.29) is 6.04 Å². The highest BCUT2D eigenvalue weighted by molar-refractivity contribution is 7.87. The summed E-state index contributed by atoms with van der Waals surface area (Å²) < 4.78 is 29.0. The van der Waals surface area contributed by atoms with E-state index in [2.05, 4.69) is 23.9 Å². The topological polar surface area (TPSA) is 61.4 Å². The average molecular weight is 291 g/mol. The Kier molecular flexibility index (Phi) is 7.28. The predicted molar refractivity (Wildman–Crippen MR) is 79.3 cm³/mol. The summed E-state index contributed by atoms with van der Waals surface area (Å²) in [4.78, 5) is 0. The molecule has 19 heavy (non-hydrogen) atoms. The van der Waals surface area contributed by atoms with Crippen LogP contribution >= 0.6 is 0 Å². The van der Waals surface area contributed by atoms with Gasteiger partial charge in [0.25, 0.3) is 10.2 Å². The molecular weight excluding hydrogens is 262 g/mol. The minimum atomic E-state index is -3.32. The molecule has 1 heterocycles. The summed E-state index contributed by atoms with van der Waals surface area (Å²) in [5, 5.41) is 3.26. The maximum Gasteiger partial charge on any atom is 0.279 e. The van der Waals surface area contributed by atoms with Crippen molar-refractivity contribution in [1.82, 2.24) is 14.3 Å². The molecule has 0 aromatic carbocycles. The highest BCUT2D eigenvalue weighted by Gasteiger charge is 2.31. The minimum absolute atomic E-state index is 0.102. The SMILES string of the molecule is CCNCC1CCCCN1S(=O)(=O)NCCC(C)C. The van der Waals surface area contributed by atoms with Gasteiger partial charge in [0.1, 0.15) is 0 Å². The van der Waals surface area contributed by atoms with E-state index < -0.39 is 10.2 Å². The molecule has 114 valence electrons. The summed E-state index contributed by atoms with van der Waals surface area (Å²) in [5.74, 6) is 0.515. The van der Waals surface area contributed by atoms with Gasteiger partial charge in [-0.1, -0.05) is 27.2 Å². The van der Waals surface area contributed by atoms with Gasteiger partial charge in [-0.2, -0.15) is 12.7 Å². The lowest BCUT2D eigenvalue weighted by molar-refractivity contribution is 0.243. The summed E-state index contributed by atoms with van der Waals surface area (Å²) in [5.41, 5.74) is 0. The van der Waals surface area contributed by atoms with E-state index in [1.54, 1.807) is 4.31 Å². The molecule has 0 aromatic heterocycles. The molecule has 0 amide bonds. The molecule has 6 heteroatoms. The van der Waals surface area contributed by atoms with Crippen LogP contribution in [0.2, 0.25) is 0 Å². The summed E-state index contributed by atoms with van der Waals surface area (Å²) in [6.45, 7) is 9.05. The number of rotatable bonds is 8. The van der Waals surface area contributed by atoms with Crippen molar-refractivity contribution in [3.8, 4) is 0 Å². The third-order valence-corrected chi connectivity index (χ3v) is 5.19. The molecule has 1 fully saturated rings. The van der Waals surface area contributed by atoms with Crippen LogP contribution in [0.25, 0.3) is 0 Å². The number of hydrogen-bond donors (Lipinski definition) is 2. The molecule has 1 aliphatic heterocycles. The smallest absolute Gasteiger partial charge is 0.279 e. The lowest BCUT2D eigenvalue weighted by atomic mass is 10.1. The van der Waals surface area contributed by atoms with Crippen molar-refractivity contribution in [3.63, 3.8) is 0 Å². The molecule has 0 spiro atoms. The molecule has 2 N–H and O–H groups in total. The average Bonchev–Trinajstić information content (AvgIpc) is 2.36. The number of piperidine rings is 1. The number of hydrogen-bond acceptors (Lipinski definition) is 3. The summed E-state index contributed by atoms with van der Waals surface area (Å²) in [7, 11) is -3.32. The molecule has 1 aliphatic rings. The Hall–Kier alpha value is -0.170. The zero-order chi connectivity index (χ0) is 14.3. The maximum absolute atomic E-state index is 12.3. The monoisotopic (exact) mass is 291 g/mol. The fraction of sp³-hybridized carbons (Fsp3) is 1.00. The molecule has 1 atom stereocenters. The van der Waals surface area contributed by atoms with E-state index in [0.717, 1.165) is 38.8 Å². The van der Waals surface area contributed by atoms with Gasteiger partial charge >= 0.3 is 0 Å². The van der Waals surface area contributed by atoms with Crippen molar-refractivity contribution in [2.75, 3.05) is 26.2 Å². The fourth-order valence-corrected chi connectivity index (χ4v) is 3.85. The Morgan fingerprint density at radius 2 is 2.05 bits per heavy atom. The van der Waals surface area contributed by atoms with E-state index in [4.69, 9.17) is 0 Å². The fourth-order valence-electron chi connectivity index (χ4n) is 2.36. The first-order valence-corrected chi connectivity index (χ1v) is 8.88. The molecule has 0 aromatic rings. The van der Waals surface area contributed by atoms with Gasteiger partial charge < -0.3 is 5.32 Å². The van der Waals surface area contributed by atoms with E-state index in [1.807, 2.05) is 6.92 Å². The number of likely N-dealkylation sites (N-methyl/N-ethyl adjacent to an activating group) is 1. The Bertz CT molecular complexity index is 344. The zero-order valence-electron chi connectivity index (χ0n) is 12.5. The summed E-state index contributed by atoms with van der Waals surface area (Å²) in [6, 6.07) is 0.102. The van der Waals surface area contributed by atoms with Crippen LogP contribution in [-0.2, 0) is 10.2 Å². The van der Waals surface area contributed by atoms with E-state index in [1.165, 1.54) is 0 Å². The van der Waals surface area contributed by atoms with Crippen molar-refractivity contribution in [2.45, 2.75) is 52.5 Å². The molecule has 1 unspecified atom stereocenters. The van der Waals surface area contributed by atoms with Gasteiger partial charge in [0.05, 0.1) is 0 Å². The largest absolute Gasteiger partial charge is 0.315 e. The van der Waals surface area contributed by atoms with Crippen LogP contribution in [0, 0.1) is 5.92 Å². The molecule has 0 radical (unpaired) electrons. The predicted octanol–water partition coefficient (Wildman–Crippen LogP) is 1.33. The highest BCUT2D eigenvalue weighted by atomic mass is 32.2.